The Hall–Kier alpha value is -3.44. The molecule has 4 aromatic heterocycles. The standard InChI is InChI=1S/C28H30N4O/c1-4-33-19-22(17-23-11-7-15-27(31-23)25-13-5-9-20(2)29-25)18-24-12-8-16-28(32-24)26-14-6-10-21(3)30-26/h5-16,22H,4,17-19H2,1-3H3. The molecule has 0 aliphatic heterocycles. The molecule has 0 saturated heterocycles. The highest BCUT2D eigenvalue weighted by atomic mass is 16.5. The number of nitrogens with zero attached hydrogens (tertiary/aromatic N) is 4. The fourth-order valence-electron chi connectivity index (χ4n) is 3.91. The van der Waals surface area contributed by atoms with Crippen molar-refractivity contribution in [2.45, 2.75) is 33.6 Å². The van der Waals surface area contributed by atoms with Gasteiger partial charge in [0, 0.05) is 29.4 Å². The SMILES string of the molecule is CCOCC(Cc1cccc(-c2cccc(C)n2)n1)Cc1cccc(-c2cccc(C)n2)n1. The topological polar surface area (TPSA) is 60.8 Å². The van der Waals surface area contributed by atoms with Gasteiger partial charge in [0.25, 0.3) is 0 Å². The lowest BCUT2D eigenvalue weighted by molar-refractivity contribution is 0.109. The van der Waals surface area contributed by atoms with Gasteiger partial charge in [-0.25, -0.2) is 0 Å². The monoisotopic (exact) mass is 438 g/mol. The first kappa shape index (κ1) is 22.7. The number of hydrogen-bond donors (Lipinski definition) is 0. The van der Waals surface area contributed by atoms with Crippen LogP contribution in [-0.2, 0) is 17.6 Å². The van der Waals surface area contributed by atoms with E-state index >= 15 is 0 Å². The lowest BCUT2D eigenvalue weighted by Gasteiger charge is -2.17. The summed E-state index contributed by atoms with van der Waals surface area (Å²) < 4.78 is 5.82. The lowest BCUT2D eigenvalue weighted by atomic mass is 9.97. The molecule has 0 aromatic carbocycles. The number of pyridine rings is 4. The van der Waals surface area contributed by atoms with Crippen molar-refractivity contribution in [1.29, 1.82) is 0 Å². The molecule has 0 spiro atoms. The van der Waals surface area contributed by atoms with E-state index in [4.69, 9.17) is 14.7 Å². The molecule has 5 heteroatoms. The van der Waals surface area contributed by atoms with Crippen molar-refractivity contribution in [2.24, 2.45) is 5.92 Å². The van der Waals surface area contributed by atoms with Gasteiger partial charge in [0.2, 0.25) is 0 Å². The first-order valence-electron chi connectivity index (χ1n) is 11.5. The van der Waals surface area contributed by atoms with Crippen molar-refractivity contribution in [1.82, 2.24) is 19.9 Å². The summed E-state index contributed by atoms with van der Waals surface area (Å²) in [4.78, 5) is 19.0. The van der Waals surface area contributed by atoms with Crippen LogP contribution in [0.1, 0.15) is 29.7 Å². The van der Waals surface area contributed by atoms with Crippen LogP contribution in [0, 0.1) is 19.8 Å². The molecule has 0 fully saturated rings. The Morgan fingerprint density at radius 1 is 0.606 bits per heavy atom. The van der Waals surface area contributed by atoms with E-state index in [2.05, 4.69) is 34.2 Å². The van der Waals surface area contributed by atoms with Crippen molar-refractivity contribution < 1.29 is 4.74 Å². The molecular weight excluding hydrogens is 408 g/mol. The van der Waals surface area contributed by atoms with E-state index in [9.17, 15) is 0 Å². The van der Waals surface area contributed by atoms with Crippen molar-refractivity contribution in [3.05, 3.63) is 95.6 Å². The number of hydrogen-bond acceptors (Lipinski definition) is 5. The summed E-state index contributed by atoms with van der Waals surface area (Å²) in [5.41, 5.74) is 7.66. The predicted octanol–water partition coefficient (Wildman–Crippen LogP) is 5.66. The van der Waals surface area contributed by atoms with E-state index in [1.165, 1.54) is 0 Å². The molecule has 4 rings (SSSR count). The molecule has 0 N–H and O–H groups in total. The molecule has 0 aliphatic rings. The van der Waals surface area contributed by atoms with Crippen LogP contribution in [0.3, 0.4) is 0 Å². The summed E-state index contributed by atoms with van der Waals surface area (Å²) in [5, 5.41) is 0. The zero-order chi connectivity index (χ0) is 23.0. The molecule has 0 amide bonds. The van der Waals surface area contributed by atoms with Crippen molar-refractivity contribution in [2.75, 3.05) is 13.2 Å². The van der Waals surface area contributed by atoms with E-state index < -0.39 is 0 Å². The summed E-state index contributed by atoms with van der Waals surface area (Å²) in [7, 11) is 0. The largest absolute Gasteiger partial charge is 0.381 e. The van der Waals surface area contributed by atoms with E-state index in [1.807, 2.05) is 69.3 Å². The van der Waals surface area contributed by atoms with Crippen molar-refractivity contribution in [3.8, 4) is 22.8 Å². The average Bonchev–Trinajstić information content (AvgIpc) is 2.83. The maximum atomic E-state index is 5.82. The Kier molecular flexibility index (Phi) is 7.53. The van der Waals surface area contributed by atoms with Crippen molar-refractivity contribution >= 4 is 0 Å². The smallest absolute Gasteiger partial charge is 0.0889 e. The van der Waals surface area contributed by atoms with Crippen LogP contribution in [0.2, 0.25) is 0 Å². The third-order valence-electron chi connectivity index (χ3n) is 5.47. The van der Waals surface area contributed by atoms with Crippen LogP contribution in [-0.4, -0.2) is 33.1 Å². The van der Waals surface area contributed by atoms with Gasteiger partial charge in [-0.15, -0.1) is 0 Å². The third kappa shape index (κ3) is 6.30. The van der Waals surface area contributed by atoms with Crippen LogP contribution < -0.4 is 0 Å². The summed E-state index contributed by atoms with van der Waals surface area (Å²) in [6.07, 6.45) is 1.63. The molecule has 0 aliphatic carbocycles. The summed E-state index contributed by atoms with van der Waals surface area (Å²) in [5.74, 6) is 0.270. The van der Waals surface area contributed by atoms with Gasteiger partial charge >= 0.3 is 0 Å². The normalized spacial score (nSPS) is 11.2. The second-order valence-electron chi connectivity index (χ2n) is 8.29. The molecule has 4 aromatic rings. The minimum absolute atomic E-state index is 0.270. The number of aromatic nitrogens is 4. The van der Waals surface area contributed by atoms with E-state index in [0.29, 0.717) is 13.2 Å². The second kappa shape index (κ2) is 10.9. The average molecular weight is 439 g/mol. The lowest BCUT2D eigenvalue weighted by Crippen LogP contribution is -2.17. The van der Waals surface area contributed by atoms with Gasteiger partial charge < -0.3 is 4.74 Å². The molecule has 0 bridgehead atoms. The van der Waals surface area contributed by atoms with Gasteiger partial charge in [0.1, 0.15) is 0 Å². The van der Waals surface area contributed by atoms with Crippen LogP contribution >= 0.6 is 0 Å². The fourth-order valence-corrected chi connectivity index (χ4v) is 3.91. The molecule has 0 radical (unpaired) electrons. The first-order valence-corrected chi connectivity index (χ1v) is 11.5. The highest BCUT2D eigenvalue weighted by Crippen LogP contribution is 2.20. The quantitative estimate of drug-likeness (QED) is 0.338. The molecule has 33 heavy (non-hydrogen) atoms. The predicted molar refractivity (Wildman–Crippen MR) is 132 cm³/mol. The molecule has 0 saturated carbocycles. The minimum atomic E-state index is 0.270. The minimum Gasteiger partial charge on any atom is -0.381 e. The van der Waals surface area contributed by atoms with E-state index in [-0.39, 0.29) is 5.92 Å². The number of ether oxygens (including phenoxy) is 1. The van der Waals surface area contributed by atoms with Crippen LogP contribution in [0.5, 0.6) is 0 Å². The van der Waals surface area contributed by atoms with E-state index in [1.54, 1.807) is 0 Å². The summed E-state index contributed by atoms with van der Waals surface area (Å²) in [6.45, 7) is 7.39. The van der Waals surface area contributed by atoms with Crippen LogP contribution in [0.25, 0.3) is 22.8 Å². The Morgan fingerprint density at radius 3 is 1.45 bits per heavy atom. The van der Waals surface area contributed by atoms with Gasteiger partial charge in [-0.1, -0.05) is 24.3 Å². The van der Waals surface area contributed by atoms with Crippen molar-refractivity contribution in [3.63, 3.8) is 0 Å². The van der Waals surface area contributed by atoms with Crippen LogP contribution in [0.15, 0.2) is 72.8 Å². The second-order valence-corrected chi connectivity index (χ2v) is 8.29. The molecular formula is C28H30N4O. The third-order valence-corrected chi connectivity index (χ3v) is 5.47. The zero-order valence-corrected chi connectivity index (χ0v) is 19.5. The van der Waals surface area contributed by atoms with Gasteiger partial charge in [0.05, 0.1) is 29.4 Å². The Bertz CT molecular complexity index is 1120. The molecule has 0 atom stereocenters. The summed E-state index contributed by atoms with van der Waals surface area (Å²) >= 11 is 0. The Balaban J connectivity index is 1.54. The Labute approximate surface area is 196 Å². The van der Waals surface area contributed by atoms with Gasteiger partial charge in [-0.3, -0.25) is 19.9 Å². The maximum Gasteiger partial charge on any atom is 0.0889 e. The first-order chi connectivity index (χ1) is 16.1. The highest BCUT2D eigenvalue weighted by Gasteiger charge is 2.15. The number of rotatable bonds is 9. The molecule has 0 unspecified atom stereocenters. The van der Waals surface area contributed by atoms with E-state index in [0.717, 1.165) is 58.4 Å². The molecule has 4 heterocycles. The summed E-state index contributed by atoms with van der Waals surface area (Å²) in [6, 6.07) is 24.4. The van der Waals surface area contributed by atoms with Crippen LogP contribution in [0.4, 0.5) is 0 Å². The molecule has 5 nitrogen and oxygen atoms in total. The van der Waals surface area contributed by atoms with Gasteiger partial charge in [-0.05, 0) is 88.1 Å². The van der Waals surface area contributed by atoms with Gasteiger partial charge in [-0.2, -0.15) is 0 Å². The molecule has 168 valence electrons. The highest BCUT2D eigenvalue weighted by molar-refractivity contribution is 5.55. The Morgan fingerprint density at radius 2 is 1.03 bits per heavy atom. The zero-order valence-electron chi connectivity index (χ0n) is 19.5. The fraction of sp³-hybridized carbons (Fsp3) is 0.286. The van der Waals surface area contributed by atoms with Gasteiger partial charge in [0.15, 0.2) is 0 Å². The maximum absolute atomic E-state index is 5.82. The number of aryl methyl sites for hydroxylation is 2.